The number of carbonyl (C=O) groups is 1. The second kappa shape index (κ2) is 10.6. The first-order valence-electron chi connectivity index (χ1n) is 9.90. The topological polar surface area (TPSA) is 60.9 Å². The zero-order valence-electron chi connectivity index (χ0n) is 17.1. The number of benzene rings is 2. The minimum absolute atomic E-state index is 0.0327. The van der Waals surface area contributed by atoms with Crippen LogP contribution in [0.5, 0.6) is 0 Å². The smallest absolute Gasteiger partial charge is 0.243 e. The standard InChI is InChI=1S/C21H24BrCl2N3O3S/c1-2-25-9-11-26(12-10-25)21(28)15-27(14-16-3-6-18(23)13-20(16)24)31(29,30)19-7-4-17(22)5-8-19/h3-8,13H,2,9-12,14-15H2,1H3. The maximum Gasteiger partial charge on any atom is 0.243 e. The number of hydrogen-bond donors (Lipinski definition) is 0. The third kappa shape index (κ3) is 6.21. The van der Waals surface area contributed by atoms with Crippen molar-refractivity contribution in [1.29, 1.82) is 0 Å². The van der Waals surface area contributed by atoms with Crippen LogP contribution in [-0.2, 0) is 21.4 Å². The lowest BCUT2D eigenvalue weighted by atomic mass is 10.2. The molecule has 6 nitrogen and oxygen atoms in total. The number of nitrogens with zero attached hydrogens (tertiary/aromatic N) is 3. The van der Waals surface area contributed by atoms with Gasteiger partial charge in [-0.25, -0.2) is 8.42 Å². The SMILES string of the molecule is CCN1CCN(C(=O)CN(Cc2ccc(Cl)cc2Cl)S(=O)(=O)c2ccc(Br)cc2)CC1. The first-order valence-corrected chi connectivity index (χ1v) is 12.9. The van der Waals surface area contributed by atoms with Gasteiger partial charge in [0.05, 0.1) is 11.4 Å². The molecule has 0 spiro atoms. The molecule has 1 aliphatic heterocycles. The van der Waals surface area contributed by atoms with Gasteiger partial charge in [0.2, 0.25) is 15.9 Å². The molecule has 0 radical (unpaired) electrons. The van der Waals surface area contributed by atoms with Gasteiger partial charge in [-0.2, -0.15) is 4.31 Å². The van der Waals surface area contributed by atoms with Gasteiger partial charge >= 0.3 is 0 Å². The highest BCUT2D eigenvalue weighted by atomic mass is 79.9. The van der Waals surface area contributed by atoms with Crippen molar-refractivity contribution in [2.75, 3.05) is 39.3 Å². The molecule has 168 valence electrons. The van der Waals surface area contributed by atoms with Gasteiger partial charge in [0, 0.05) is 47.2 Å². The van der Waals surface area contributed by atoms with Crippen LogP contribution in [0, 0.1) is 0 Å². The van der Waals surface area contributed by atoms with E-state index in [0.29, 0.717) is 28.7 Å². The number of likely N-dealkylation sites (N-methyl/N-ethyl adjacent to an activating group) is 1. The Bertz CT molecular complexity index is 1030. The van der Waals surface area contributed by atoms with Crippen molar-refractivity contribution in [2.45, 2.75) is 18.4 Å². The quantitative estimate of drug-likeness (QED) is 0.522. The summed E-state index contributed by atoms with van der Waals surface area (Å²) in [7, 11) is -3.93. The lowest BCUT2D eigenvalue weighted by Crippen LogP contribution is -2.51. The molecule has 1 amide bonds. The van der Waals surface area contributed by atoms with Gasteiger partial charge in [0.1, 0.15) is 0 Å². The largest absolute Gasteiger partial charge is 0.339 e. The number of sulfonamides is 1. The van der Waals surface area contributed by atoms with Gasteiger partial charge in [-0.1, -0.05) is 52.1 Å². The molecule has 0 unspecified atom stereocenters. The summed E-state index contributed by atoms with van der Waals surface area (Å²) >= 11 is 15.6. The highest BCUT2D eigenvalue weighted by molar-refractivity contribution is 9.10. The molecule has 1 fully saturated rings. The van der Waals surface area contributed by atoms with E-state index in [4.69, 9.17) is 23.2 Å². The van der Waals surface area contributed by atoms with Crippen LogP contribution in [0.1, 0.15) is 12.5 Å². The Morgan fingerprint density at radius 3 is 2.29 bits per heavy atom. The van der Waals surface area contributed by atoms with Crippen molar-refractivity contribution in [3.8, 4) is 0 Å². The van der Waals surface area contributed by atoms with E-state index < -0.39 is 10.0 Å². The van der Waals surface area contributed by atoms with Crippen molar-refractivity contribution in [1.82, 2.24) is 14.1 Å². The van der Waals surface area contributed by atoms with Crippen LogP contribution in [-0.4, -0.2) is 67.7 Å². The van der Waals surface area contributed by atoms with Crippen molar-refractivity contribution in [3.05, 3.63) is 62.5 Å². The summed E-state index contributed by atoms with van der Waals surface area (Å²) in [5.41, 5.74) is 0.579. The highest BCUT2D eigenvalue weighted by Gasteiger charge is 2.30. The second-order valence-corrected chi connectivity index (χ2v) is 11.0. The summed E-state index contributed by atoms with van der Waals surface area (Å²) < 4.78 is 28.8. The maximum atomic E-state index is 13.4. The van der Waals surface area contributed by atoms with Crippen molar-refractivity contribution < 1.29 is 13.2 Å². The molecule has 0 N–H and O–H groups in total. The fourth-order valence-corrected chi connectivity index (χ4v) is 5.49. The number of rotatable bonds is 7. The average molecular weight is 549 g/mol. The van der Waals surface area contributed by atoms with Gasteiger partial charge in [-0.05, 0) is 48.5 Å². The highest BCUT2D eigenvalue weighted by Crippen LogP contribution is 2.26. The predicted octanol–water partition coefficient (Wildman–Crippen LogP) is 4.11. The molecule has 3 rings (SSSR count). The molecule has 0 atom stereocenters. The Balaban J connectivity index is 1.86. The van der Waals surface area contributed by atoms with Gasteiger partial charge in [-0.3, -0.25) is 4.79 Å². The fourth-order valence-electron chi connectivity index (χ4n) is 3.39. The number of carbonyl (C=O) groups excluding carboxylic acids is 1. The summed E-state index contributed by atoms with van der Waals surface area (Å²) in [5.74, 6) is -0.221. The monoisotopic (exact) mass is 547 g/mol. The van der Waals surface area contributed by atoms with E-state index in [2.05, 4.69) is 27.8 Å². The number of amides is 1. The Morgan fingerprint density at radius 1 is 1.06 bits per heavy atom. The minimum atomic E-state index is -3.93. The molecule has 1 heterocycles. The van der Waals surface area contributed by atoms with E-state index >= 15 is 0 Å². The van der Waals surface area contributed by atoms with E-state index in [9.17, 15) is 13.2 Å². The number of piperazine rings is 1. The Kier molecular flexibility index (Phi) is 8.40. The molecule has 1 saturated heterocycles. The third-order valence-electron chi connectivity index (χ3n) is 5.30. The molecule has 0 aromatic heterocycles. The molecule has 31 heavy (non-hydrogen) atoms. The zero-order chi connectivity index (χ0) is 22.6. The van der Waals surface area contributed by atoms with E-state index in [1.807, 2.05) is 0 Å². The lowest BCUT2D eigenvalue weighted by molar-refractivity contribution is -0.133. The lowest BCUT2D eigenvalue weighted by Gasteiger charge is -2.35. The van der Waals surface area contributed by atoms with Gasteiger partial charge in [0.15, 0.2) is 0 Å². The summed E-state index contributed by atoms with van der Waals surface area (Å²) in [4.78, 5) is 17.1. The Morgan fingerprint density at radius 2 is 1.71 bits per heavy atom. The van der Waals surface area contributed by atoms with Gasteiger partial charge in [0.25, 0.3) is 0 Å². The van der Waals surface area contributed by atoms with Crippen LogP contribution in [0.15, 0.2) is 51.8 Å². The molecule has 0 bridgehead atoms. The first-order chi connectivity index (χ1) is 14.7. The zero-order valence-corrected chi connectivity index (χ0v) is 21.0. The van der Waals surface area contributed by atoms with E-state index in [1.54, 1.807) is 35.2 Å². The first kappa shape index (κ1) is 24.5. The second-order valence-electron chi connectivity index (χ2n) is 7.28. The summed E-state index contributed by atoms with van der Waals surface area (Å²) in [5, 5.41) is 0.813. The molecular weight excluding hydrogens is 525 g/mol. The van der Waals surface area contributed by atoms with E-state index in [0.717, 1.165) is 24.1 Å². The van der Waals surface area contributed by atoms with Gasteiger partial charge < -0.3 is 9.80 Å². The molecule has 0 saturated carbocycles. The Hall–Kier alpha value is -1.16. The normalized spacial score (nSPS) is 15.5. The summed E-state index contributed by atoms with van der Waals surface area (Å²) in [6, 6.07) is 11.2. The number of halogens is 3. The van der Waals surface area contributed by atoms with Crippen LogP contribution >= 0.6 is 39.1 Å². The van der Waals surface area contributed by atoms with E-state index in [-0.39, 0.29) is 23.9 Å². The van der Waals surface area contributed by atoms with Crippen LogP contribution < -0.4 is 0 Å². The molecule has 2 aromatic carbocycles. The Labute approximate surface area is 201 Å². The fraction of sp³-hybridized carbons (Fsp3) is 0.381. The maximum absolute atomic E-state index is 13.4. The summed E-state index contributed by atoms with van der Waals surface area (Å²) in [6.07, 6.45) is 0. The van der Waals surface area contributed by atoms with E-state index in [1.165, 1.54) is 16.4 Å². The van der Waals surface area contributed by atoms with Crippen LogP contribution in [0.25, 0.3) is 0 Å². The third-order valence-corrected chi connectivity index (χ3v) is 8.22. The van der Waals surface area contributed by atoms with Crippen molar-refractivity contribution >= 4 is 55.1 Å². The average Bonchev–Trinajstić information content (AvgIpc) is 2.75. The molecule has 0 aliphatic carbocycles. The van der Waals surface area contributed by atoms with Crippen LogP contribution in [0.3, 0.4) is 0 Å². The van der Waals surface area contributed by atoms with Crippen LogP contribution in [0.4, 0.5) is 0 Å². The molecule has 1 aliphatic rings. The summed E-state index contributed by atoms with van der Waals surface area (Å²) in [6.45, 7) is 5.45. The molecular formula is C21H24BrCl2N3O3S. The van der Waals surface area contributed by atoms with Crippen molar-refractivity contribution in [3.63, 3.8) is 0 Å². The molecule has 10 heteroatoms. The minimum Gasteiger partial charge on any atom is -0.339 e. The number of hydrogen-bond acceptors (Lipinski definition) is 4. The van der Waals surface area contributed by atoms with Crippen LogP contribution in [0.2, 0.25) is 10.0 Å². The van der Waals surface area contributed by atoms with Crippen molar-refractivity contribution in [2.24, 2.45) is 0 Å². The molecule has 2 aromatic rings. The van der Waals surface area contributed by atoms with Gasteiger partial charge in [-0.15, -0.1) is 0 Å². The predicted molar refractivity (Wildman–Crippen MR) is 127 cm³/mol.